The first-order valence-corrected chi connectivity index (χ1v) is 5.49. The monoisotopic (exact) mass is 216 g/mol. The minimum absolute atomic E-state index is 0.524. The van der Waals surface area contributed by atoms with Crippen molar-refractivity contribution < 1.29 is 10.2 Å². The maximum Gasteiger partial charge on any atom is 0.0768 e. The molecule has 2 aromatic carbocycles. The molecule has 0 radical (unpaired) electrons. The fraction of sp³-hybridized carbons (Fsp3) is 0.286. The Labute approximate surface area is 95.2 Å². The molecule has 16 heavy (non-hydrogen) atoms. The first-order valence-electron chi connectivity index (χ1n) is 5.49. The van der Waals surface area contributed by atoms with Gasteiger partial charge in [-0.1, -0.05) is 36.4 Å². The van der Waals surface area contributed by atoms with Gasteiger partial charge in [-0.15, -0.1) is 0 Å². The van der Waals surface area contributed by atoms with E-state index in [0.29, 0.717) is 0 Å². The van der Waals surface area contributed by atoms with Gasteiger partial charge in [-0.25, -0.2) is 0 Å². The van der Waals surface area contributed by atoms with Gasteiger partial charge in [0.05, 0.1) is 12.2 Å². The number of benzene rings is 2. The zero-order valence-corrected chi connectivity index (χ0v) is 9.51. The highest BCUT2D eigenvalue weighted by molar-refractivity contribution is 5.89. The summed E-state index contributed by atoms with van der Waals surface area (Å²) in [7, 11) is 0. The van der Waals surface area contributed by atoms with Crippen LogP contribution in [0.2, 0.25) is 0 Å². The molecule has 2 atom stereocenters. The van der Waals surface area contributed by atoms with E-state index in [9.17, 15) is 10.2 Å². The Morgan fingerprint density at radius 2 is 1.25 bits per heavy atom. The van der Waals surface area contributed by atoms with Crippen LogP contribution >= 0.6 is 0 Å². The molecule has 2 unspecified atom stereocenters. The summed E-state index contributed by atoms with van der Waals surface area (Å²) < 4.78 is 0. The molecule has 2 rings (SSSR count). The van der Waals surface area contributed by atoms with Gasteiger partial charge in [0.15, 0.2) is 0 Å². The van der Waals surface area contributed by atoms with E-state index in [1.54, 1.807) is 13.8 Å². The van der Waals surface area contributed by atoms with E-state index >= 15 is 0 Å². The van der Waals surface area contributed by atoms with E-state index in [1.165, 1.54) is 0 Å². The zero-order valence-electron chi connectivity index (χ0n) is 9.51. The molecule has 0 fully saturated rings. The van der Waals surface area contributed by atoms with Crippen LogP contribution in [-0.2, 0) is 0 Å². The van der Waals surface area contributed by atoms with E-state index in [4.69, 9.17) is 0 Å². The topological polar surface area (TPSA) is 40.5 Å². The van der Waals surface area contributed by atoms with Crippen molar-refractivity contribution in [3.05, 3.63) is 47.5 Å². The van der Waals surface area contributed by atoms with Crippen molar-refractivity contribution in [1.29, 1.82) is 0 Å². The highest BCUT2D eigenvalue weighted by atomic mass is 16.3. The predicted octanol–water partition coefficient (Wildman–Crippen LogP) is 2.95. The van der Waals surface area contributed by atoms with E-state index in [-0.39, 0.29) is 0 Å². The van der Waals surface area contributed by atoms with E-state index in [2.05, 4.69) is 0 Å². The summed E-state index contributed by atoms with van der Waals surface area (Å²) in [4.78, 5) is 0. The first kappa shape index (κ1) is 11.1. The summed E-state index contributed by atoms with van der Waals surface area (Å²) in [6.45, 7) is 3.49. The van der Waals surface area contributed by atoms with E-state index < -0.39 is 12.2 Å². The fourth-order valence-corrected chi connectivity index (χ4v) is 2.10. The van der Waals surface area contributed by atoms with Crippen molar-refractivity contribution in [1.82, 2.24) is 0 Å². The van der Waals surface area contributed by atoms with Crippen LogP contribution in [0.3, 0.4) is 0 Å². The number of fused-ring (bicyclic) bond motifs is 1. The number of hydrogen-bond acceptors (Lipinski definition) is 2. The lowest BCUT2D eigenvalue weighted by atomic mass is 9.94. The molecule has 0 saturated carbocycles. The van der Waals surface area contributed by atoms with Gasteiger partial charge in [-0.05, 0) is 35.7 Å². The quantitative estimate of drug-likeness (QED) is 0.810. The van der Waals surface area contributed by atoms with Crippen LogP contribution in [0.1, 0.15) is 37.2 Å². The van der Waals surface area contributed by atoms with Crippen molar-refractivity contribution in [2.24, 2.45) is 0 Å². The third kappa shape index (κ3) is 1.82. The molecule has 2 heteroatoms. The normalized spacial score (nSPS) is 15.0. The SMILES string of the molecule is CC(O)c1cccc2cccc(C(C)O)c12. The Bertz CT molecular complexity index is 458. The maximum atomic E-state index is 9.75. The number of aliphatic hydroxyl groups excluding tert-OH is 2. The predicted molar refractivity (Wildman–Crippen MR) is 65.2 cm³/mol. The molecule has 84 valence electrons. The van der Waals surface area contributed by atoms with Gasteiger partial charge >= 0.3 is 0 Å². The maximum absolute atomic E-state index is 9.75. The van der Waals surface area contributed by atoms with Crippen LogP contribution in [0, 0.1) is 0 Å². The second kappa shape index (κ2) is 4.24. The van der Waals surface area contributed by atoms with Crippen LogP contribution in [-0.4, -0.2) is 10.2 Å². The molecule has 0 aliphatic carbocycles. The Balaban J connectivity index is 2.82. The van der Waals surface area contributed by atoms with Gasteiger partial charge in [0.1, 0.15) is 0 Å². The van der Waals surface area contributed by atoms with Gasteiger partial charge in [0.2, 0.25) is 0 Å². The summed E-state index contributed by atoms with van der Waals surface area (Å²) in [5, 5.41) is 21.5. The molecule has 0 spiro atoms. The van der Waals surface area contributed by atoms with Crippen LogP contribution in [0.25, 0.3) is 10.8 Å². The molecule has 2 N–H and O–H groups in total. The highest BCUT2D eigenvalue weighted by Gasteiger charge is 2.12. The molecule has 0 aliphatic rings. The van der Waals surface area contributed by atoms with Crippen molar-refractivity contribution in [2.45, 2.75) is 26.1 Å². The van der Waals surface area contributed by atoms with Gasteiger partial charge in [-0.2, -0.15) is 0 Å². The molecule has 0 aromatic heterocycles. The van der Waals surface area contributed by atoms with E-state index in [0.717, 1.165) is 21.9 Å². The van der Waals surface area contributed by atoms with Crippen LogP contribution < -0.4 is 0 Å². The number of rotatable bonds is 2. The minimum atomic E-state index is -0.524. The van der Waals surface area contributed by atoms with Gasteiger partial charge in [0.25, 0.3) is 0 Å². The Hall–Kier alpha value is -1.38. The van der Waals surface area contributed by atoms with Crippen LogP contribution in [0.5, 0.6) is 0 Å². The molecule has 0 aliphatic heterocycles. The Morgan fingerprint density at radius 1 is 0.812 bits per heavy atom. The second-order valence-corrected chi connectivity index (χ2v) is 4.14. The summed E-state index contributed by atoms with van der Waals surface area (Å²) in [6, 6.07) is 11.6. The molecular formula is C14H16O2. The molecule has 0 bridgehead atoms. The zero-order chi connectivity index (χ0) is 11.7. The van der Waals surface area contributed by atoms with Crippen molar-refractivity contribution in [3.8, 4) is 0 Å². The second-order valence-electron chi connectivity index (χ2n) is 4.14. The Kier molecular flexibility index (Phi) is 2.95. The summed E-state index contributed by atoms with van der Waals surface area (Å²) in [6.07, 6.45) is -1.05. The molecular weight excluding hydrogens is 200 g/mol. The third-order valence-electron chi connectivity index (χ3n) is 2.87. The number of aliphatic hydroxyl groups is 2. The van der Waals surface area contributed by atoms with Crippen LogP contribution in [0.4, 0.5) is 0 Å². The van der Waals surface area contributed by atoms with Gasteiger partial charge in [0, 0.05) is 0 Å². The lowest BCUT2D eigenvalue weighted by Gasteiger charge is -2.15. The Morgan fingerprint density at radius 3 is 1.62 bits per heavy atom. The molecule has 2 nitrogen and oxygen atoms in total. The highest BCUT2D eigenvalue weighted by Crippen LogP contribution is 2.30. The average Bonchev–Trinajstić information content (AvgIpc) is 2.27. The minimum Gasteiger partial charge on any atom is -0.389 e. The summed E-state index contributed by atoms with van der Waals surface area (Å²) >= 11 is 0. The molecule has 0 amide bonds. The molecule has 0 heterocycles. The first-order chi connectivity index (χ1) is 7.61. The third-order valence-corrected chi connectivity index (χ3v) is 2.87. The van der Waals surface area contributed by atoms with Crippen molar-refractivity contribution in [3.63, 3.8) is 0 Å². The number of hydrogen-bond donors (Lipinski definition) is 2. The standard InChI is InChI=1S/C14H16O2/c1-9(15)12-7-3-5-11-6-4-8-13(10(2)16)14(11)12/h3-10,15-16H,1-2H3. The fourth-order valence-electron chi connectivity index (χ4n) is 2.10. The largest absolute Gasteiger partial charge is 0.389 e. The van der Waals surface area contributed by atoms with Crippen molar-refractivity contribution in [2.75, 3.05) is 0 Å². The summed E-state index contributed by atoms with van der Waals surface area (Å²) in [5.41, 5.74) is 1.74. The average molecular weight is 216 g/mol. The summed E-state index contributed by atoms with van der Waals surface area (Å²) in [5.74, 6) is 0. The van der Waals surface area contributed by atoms with Crippen LogP contribution in [0.15, 0.2) is 36.4 Å². The van der Waals surface area contributed by atoms with E-state index in [1.807, 2.05) is 36.4 Å². The van der Waals surface area contributed by atoms with Crippen molar-refractivity contribution >= 4 is 10.8 Å². The van der Waals surface area contributed by atoms with Gasteiger partial charge in [-0.3, -0.25) is 0 Å². The molecule has 0 saturated heterocycles. The van der Waals surface area contributed by atoms with Gasteiger partial charge < -0.3 is 10.2 Å². The smallest absolute Gasteiger partial charge is 0.0768 e. The lowest BCUT2D eigenvalue weighted by molar-refractivity contribution is 0.196. The lowest BCUT2D eigenvalue weighted by Crippen LogP contribution is -1.98. The molecule has 2 aromatic rings.